The van der Waals surface area contributed by atoms with Crippen LogP contribution in [0.3, 0.4) is 0 Å². The molecule has 1 amide bonds. The number of carbonyl (C=O) groups is 2. The number of hydrogen-bond acceptors (Lipinski definition) is 3. The molecular weight excluding hydrogens is 339 g/mol. The summed E-state index contributed by atoms with van der Waals surface area (Å²) in [5, 5.41) is 15.1. The number of nitrogens with one attached hydrogen (secondary N) is 1. The number of amides is 1. The quantitative estimate of drug-likeness (QED) is 0.859. The molecule has 0 saturated heterocycles. The van der Waals surface area contributed by atoms with Crippen LogP contribution in [0.4, 0.5) is 18.9 Å². The van der Waals surface area contributed by atoms with Gasteiger partial charge >= 0.3 is 12.1 Å². The Morgan fingerprint density at radius 3 is 2.36 bits per heavy atom. The molecule has 2 aromatic rings. The van der Waals surface area contributed by atoms with E-state index in [0.29, 0.717) is 23.0 Å². The second-order valence-corrected chi connectivity index (χ2v) is 5.47. The minimum atomic E-state index is -4.88. The summed E-state index contributed by atoms with van der Waals surface area (Å²) in [4.78, 5) is 22.8. The average molecular weight is 355 g/mol. The van der Waals surface area contributed by atoms with Gasteiger partial charge in [-0.2, -0.15) is 18.3 Å². The lowest BCUT2D eigenvalue weighted by atomic mass is 10.1. The van der Waals surface area contributed by atoms with Crippen LogP contribution in [0, 0.1) is 5.92 Å². The molecule has 1 unspecified atom stereocenters. The van der Waals surface area contributed by atoms with Crippen molar-refractivity contribution >= 4 is 17.6 Å². The van der Waals surface area contributed by atoms with Crippen LogP contribution in [0.15, 0.2) is 30.5 Å². The lowest BCUT2D eigenvalue weighted by Gasteiger charge is -2.13. The van der Waals surface area contributed by atoms with Gasteiger partial charge in [0.2, 0.25) is 5.91 Å². The lowest BCUT2D eigenvalue weighted by Crippen LogP contribution is -2.19. The van der Waals surface area contributed by atoms with Crippen molar-refractivity contribution in [3.8, 4) is 5.69 Å². The van der Waals surface area contributed by atoms with E-state index in [2.05, 4.69) is 10.4 Å². The van der Waals surface area contributed by atoms with Gasteiger partial charge in [-0.15, -0.1) is 0 Å². The Balaban J connectivity index is 2.35. The SMILES string of the molecule is CCC(C)C(=O)Nc1ccc(-n2ncc(C(=O)O)c2C(F)(F)F)cc1. The van der Waals surface area contributed by atoms with E-state index in [-0.39, 0.29) is 17.5 Å². The fourth-order valence-corrected chi connectivity index (χ4v) is 2.11. The zero-order valence-electron chi connectivity index (χ0n) is 13.5. The summed E-state index contributed by atoms with van der Waals surface area (Å²) in [6.45, 7) is 3.63. The van der Waals surface area contributed by atoms with Crippen LogP contribution in [0.5, 0.6) is 0 Å². The van der Waals surface area contributed by atoms with Gasteiger partial charge < -0.3 is 10.4 Å². The Bertz CT molecular complexity index is 782. The molecule has 134 valence electrons. The van der Waals surface area contributed by atoms with Gasteiger partial charge in [-0.3, -0.25) is 4.79 Å². The third kappa shape index (κ3) is 3.98. The van der Waals surface area contributed by atoms with Crippen molar-refractivity contribution in [1.29, 1.82) is 0 Å². The predicted octanol–water partition coefficient (Wildman–Crippen LogP) is 3.57. The number of hydrogen-bond donors (Lipinski definition) is 2. The fraction of sp³-hybridized carbons (Fsp3) is 0.312. The first-order chi connectivity index (χ1) is 11.6. The van der Waals surface area contributed by atoms with Crippen molar-refractivity contribution in [1.82, 2.24) is 9.78 Å². The zero-order chi connectivity index (χ0) is 18.8. The maximum absolute atomic E-state index is 13.2. The number of nitrogens with zero attached hydrogens (tertiary/aromatic N) is 2. The first kappa shape index (κ1) is 18.5. The third-order valence-electron chi connectivity index (χ3n) is 3.71. The summed E-state index contributed by atoms with van der Waals surface area (Å²) in [7, 11) is 0. The maximum Gasteiger partial charge on any atom is 0.434 e. The Morgan fingerprint density at radius 2 is 1.88 bits per heavy atom. The fourth-order valence-electron chi connectivity index (χ4n) is 2.11. The zero-order valence-corrected chi connectivity index (χ0v) is 13.5. The Morgan fingerprint density at radius 1 is 1.28 bits per heavy atom. The molecule has 1 aromatic heterocycles. The van der Waals surface area contributed by atoms with Gasteiger partial charge in [-0.25, -0.2) is 9.48 Å². The van der Waals surface area contributed by atoms with Crippen LogP contribution in [0.1, 0.15) is 36.3 Å². The molecule has 0 aliphatic rings. The number of halogens is 3. The number of aromatic nitrogens is 2. The van der Waals surface area contributed by atoms with Crippen molar-refractivity contribution in [3.05, 3.63) is 41.7 Å². The largest absolute Gasteiger partial charge is 0.478 e. The first-order valence-corrected chi connectivity index (χ1v) is 7.45. The topological polar surface area (TPSA) is 84.2 Å². The van der Waals surface area contributed by atoms with Gasteiger partial charge in [-0.05, 0) is 30.7 Å². The number of carboxylic acid groups (broad SMARTS) is 1. The smallest absolute Gasteiger partial charge is 0.434 e. The van der Waals surface area contributed by atoms with E-state index < -0.39 is 23.4 Å². The molecule has 0 aliphatic carbocycles. The second kappa shape index (κ2) is 6.96. The highest BCUT2D eigenvalue weighted by Gasteiger charge is 2.40. The Labute approximate surface area is 141 Å². The summed E-state index contributed by atoms with van der Waals surface area (Å²) in [5.74, 6) is -2.10. The Kier molecular flexibility index (Phi) is 5.15. The molecule has 0 aliphatic heterocycles. The highest BCUT2D eigenvalue weighted by atomic mass is 19.4. The van der Waals surface area contributed by atoms with Crippen LogP contribution in [-0.2, 0) is 11.0 Å². The van der Waals surface area contributed by atoms with Crippen LogP contribution in [0.2, 0.25) is 0 Å². The Hall–Kier alpha value is -2.84. The molecule has 0 bridgehead atoms. The number of alkyl halides is 3. The number of benzene rings is 1. The molecular formula is C16H16F3N3O3. The summed E-state index contributed by atoms with van der Waals surface area (Å²) in [5.41, 5.74) is -1.84. The van der Waals surface area contributed by atoms with E-state index in [4.69, 9.17) is 5.11 Å². The number of anilines is 1. The number of carbonyl (C=O) groups excluding carboxylic acids is 1. The predicted molar refractivity (Wildman–Crippen MR) is 83.6 cm³/mol. The van der Waals surface area contributed by atoms with Gasteiger partial charge in [0.05, 0.1) is 11.9 Å². The molecule has 0 radical (unpaired) electrons. The van der Waals surface area contributed by atoms with E-state index in [0.717, 1.165) is 0 Å². The molecule has 0 spiro atoms. The van der Waals surface area contributed by atoms with Crippen LogP contribution < -0.4 is 5.32 Å². The van der Waals surface area contributed by atoms with Gasteiger partial charge in [0.15, 0.2) is 5.69 Å². The molecule has 0 fully saturated rings. The monoisotopic (exact) mass is 355 g/mol. The summed E-state index contributed by atoms with van der Waals surface area (Å²) in [6.07, 6.45) is -3.57. The molecule has 9 heteroatoms. The van der Waals surface area contributed by atoms with Gasteiger partial charge in [0.25, 0.3) is 0 Å². The van der Waals surface area contributed by atoms with E-state index >= 15 is 0 Å². The molecule has 1 heterocycles. The van der Waals surface area contributed by atoms with E-state index in [1.165, 1.54) is 24.3 Å². The van der Waals surface area contributed by atoms with E-state index in [1.807, 2.05) is 6.92 Å². The van der Waals surface area contributed by atoms with E-state index in [9.17, 15) is 22.8 Å². The summed E-state index contributed by atoms with van der Waals surface area (Å²) < 4.78 is 40.1. The molecule has 0 saturated carbocycles. The van der Waals surface area contributed by atoms with Crippen molar-refractivity contribution in [2.24, 2.45) is 5.92 Å². The number of aromatic carboxylic acids is 1. The molecule has 1 aromatic carbocycles. The summed E-state index contributed by atoms with van der Waals surface area (Å²) in [6, 6.07) is 5.50. The molecule has 6 nitrogen and oxygen atoms in total. The number of carboxylic acids is 1. The van der Waals surface area contributed by atoms with Gasteiger partial charge in [0.1, 0.15) is 5.56 Å². The highest BCUT2D eigenvalue weighted by molar-refractivity contribution is 5.92. The molecule has 25 heavy (non-hydrogen) atoms. The normalized spacial score (nSPS) is 12.7. The molecule has 1 atom stereocenters. The van der Waals surface area contributed by atoms with Crippen molar-refractivity contribution < 1.29 is 27.9 Å². The molecule has 2 N–H and O–H groups in total. The second-order valence-electron chi connectivity index (χ2n) is 5.47. The van der Waals surface area contributed by atoms with Crippen molar-refractivity contribution in [2.75, 3.05) is 5.32 Å². The van der Waals surface area contributed by atoms with Gasteiger partial charge in [0, 0.05) is 11.6 Å². The van der Waals surface area contributed by atoms with Gasteiger partial charge in [-0.1, -0.05) is 13.8 Å². The summed E-state index contributed by atoms with van der Waals surface area (Å²) >= 11 is 0. The van der Waals surface area contributed by atoms with Crippen molar-refractivity contribution in [3.63, 3.8) is 0 Å². The first-order valence-electron chi connectivity index (χ1n) is 7.45. The van der Waals surface area contributed by atoms with Crippen LogP contribution >= 0.6 is 0 Å². The number of rotatable bonds is 5. The maximum atomic E-state index is 13.2. The minimum absolute atomic E-state index is 0.0290. The van der Waals surface area contributed by atoms with Crippen LogP contribution in [-0.4, -0.2) is 26.8 Å². The highest BCUT2D eigenvalue weighted by Crippen LogP contribution is 2.33. The minimum Gasteiger partial charge on any atom is -0.478 e. The standard InChI is InChI=1S/C16H16F3N3O3/c1-3-9(2)14(23)21-10-4-6-11(7-5-10)22-13(16(17,18)19)12(8-20-22)15(24)25/h4-9H,3H2,1-2H3,(H,21,23)(H,24,25). The van der Waals surface area contributed by atoms with Crippen molar-refractivity contribution in [2.45, 2.75) is 26.4 Å². The van der Waals surface area contributed by atoms with E-state index in [1.54, 1.807) is 6.92 Å². The average Bonchev–Trinajstić information content (AvgIpc) is 3.00. The lowest BCUT2D eigenvalue weighted by molar-refractivity contribution is -0.143. The third-order valence-corrected chi connectivity index (χ3v) is 3.71. The molecule has 2 rings (SSSR count). The van der Waals surface area contributed by atoms with Crippen LogP contribution in [0.25, 0.3) is 5.69 Å².